The van der Waals surface area contributed by atoms with Crippen LogP contribution in [0.4, 0.5) is 5.82 Å². The number of carbonyl (C=O) groups excluding carboxylic acids is 1. The van der Waals surface area contributed by atoms with E-state index in [4.69, 9.17) is 4.74 Å². The standard InChI is InChI=1S/C12H16IN3O2/c1-3-6-14-10-8(13)9(7-4-5-7)15-11(16-10)12(17)18-2/h7H,3-6H2,1-2H3,(H,14,15,16). The number of nitrogens with zero attached hydrogens (tertiary/aromatic N) is 2. The van der Waals surface area contributed by atoms with Gasteiger partial charge in [0.2, 0.25) is 5.82 Å². The molecule has 0 radical (unpaired) electrons. The molecule has 0 amide bonds. The third-order valence-corrected chi connectivity index (χ3v) is 3.81. The molecule has 0 aromatic carbocycles. The van der Waals surface area contributed by atoms with E-state index in [9.17, 15) is 4.79 Å². The zero-order chi connectivity index (χ0) is 13.1. The van der Waals surface area contributed by atoms with Crippen molar-refractivity contribution in [2.24, 2.45) is 0 Å². The highest BCUT2D eigenvalue weighted by Gasteiger charge is 2.30. The van der Waals surface area contributed by atoms with Crippen molar-refractivity contribution in [3.63, 3.8) is 0 Å². The van der Waals surface area contributed by atoms with Crippen molar-refractivity contribution in [3.05, 3.63) is 15.1 Å². The number of ether oxygens (including phenoxy) is 1. The fourth-order valence-corrected chi connectivity index (χ4v) is 2.51. The molecule has 0 spiro atoms. The van der Waals surface area contributed by atoms with Crippen molar-refractivity contribution < 1.29 is 9.53 Å². The van der Waals surface area contributed by atoms with E-state index >= 15 is 0 Å². The maximum Gasteiger partial charge on any atom is 0.376 e. The van der Waals surface area contributed by atoms with E-state index in [2.05, 4.69) is 44.8 Å². The molecule has 1 N–H and O–H groups in total. The molecule has 2 rings (SSSR count). The van der Waals surface area contributed by atoms with Gasteiger partial charge in [0, 0.05) is 12.5 Å². The van der Waals surface area contributed by atoms with Gasteiger partial charge in [0.1, 0.15) is 5.82 Å². The summed E-state index contributed by atoms with van der Waals surface area (Å²) in [5.74, 6) is 0.895. The Hall–Kier alpha value is -0.920. The molecular weight excluding hydrogens is 345 g/mol. The smallest absolute Gasteiger partial charge is 0.376 e. The quantitative estimate of drug-likeness (QED) is 0.645. The first kappa shape index (κ1) is 13.5. The highest BCUT2D eigenvalue weighted by Crippen LogP contribution is 2.42. The first-order chi connectivity index (χ1) is 8.67. The molecule has 98 valence electrons. The number of aromatic nitrogens is 2. The minimum Gasteiger partial charge on any atom is -0.463 e. The summed E-state index contributed by atoms with van der Waals surface area (Å²) in [6, 6.07) is 0. The second-order valence-corrected chi connectivity index (χ2v) is 5.37. The first-order valence-corrected chi connectivity index (χ1v) is 7.14. The second-order valence-electron chi connectivity index (χ2n) is 4.29. The molecule has 5 nitrogen and oxygen atoms in total. The molecule has 1 aromatic rings. The van der Waals surface area contributed by atoms with E-state index in [1.807, 2.05) is 0 Å². The third-order valence-electron chi connectivity index (χ3n) is 2.75. The van der Waals surface area contributed by atoms with E-state index in [1.165, 1.54) is 7.11 Å². The molecule has 18 heavy (non-hydrogen) atoms. The molecule has 0 bridgehead atoms. The molecule has 1 aliphatic rings. The van der Waals surface area contributed by atoms with E-state index in [-0.39, 0.29) is 5.82 Å². The molecule has 0 unspecified atom stereocenters. The summed E-state index contributed by atoms with van der Waals surface area (Å²) in [6.07, 6.45) is 3.29. The zero-order valence-electron chi connectivity index (χ0n) is 10.5. The molecule has 1 fully saturated rings. The predicted molar refractivity (Wildman–Crippen MR) is 76.8 cm³/mol. The lowest BCUT2D eigenvalue weighted by atomic mass is 10.2. The van der Waals surface area contributed by atoms with Crippen molar-refractivity contribution in [1.29, 1.82) is 0 Å². The minimum absolute atomic E-state index is 0.151. The minimum atomic E-state index is -0.479. The maximum absolute atomic E-state index is 11.6. The lowest BCUT2D eigenvalue weighted by Crippen LogP contribution is -2.14. The average Bonchev–Trinajstić information content (AvgIpc) is 3.21. The fraction of sp³-hybridized carbons (Fsp3) is 0.583. The van der Waals surface area contributed by atoms with Crippen LogP contribution in [0.3, 0.4) is 0 Å². The lowest BCUT2D eigenvalue weighted by molar-refractivity contribution is 0.0586. The maximum atomic E-state index is 11.6. The van der Waals surface area contributed by atoms with Gasteiger partial charge in [-0.25, -0.2) is 14.8 Å². The molecule has 0 aliphatic heterocycles. The Morgan fingerprint density at radius 3 is 2.78 bits per heavy atom. The molecule has 1 aliphatic carbocycles. The number of anilines is 1. The fourth-order valence-electron chi connectivity index (χ4n) is 1.63. The summed E-state index contributed by atoms with van der Waals surface area (Å²) >= 11 is 2.25. The monoisotopic (exact) mass is 361 g/mol. The van der Waals surface area contributed by atoms with Gasteiger partial charge in [0.25, 0.3) is 0 Å². The Balaban J connectivity index is 2.37. The van der Waals surface area contributed by atoms with Gasteiger partial charge in [-0.3, -0.25) is 0 Å². The summed E-state index contributed by atoms with van der Waals surface area (Å²) in [7, 11) is 1.35. The summed E-state index contributed by atoms with van der Waals surface area (Å²) in [5, 5.41) is 3.24. The number of rotatable bonds is 5. The third kappa shape index (κ3) is 2.90. The van der Waals surface area contributed by atoms with E-state index in [0.29, 0.717) is 5.92 Å². The number of hydrogen-bond acceptors (Lipinski definition) is 5. The predicted octanol–water partition coefficient (Wildman–Crippen LogP) is 2.57. The Kier molecular flexibility index (Phi) is 4.36. The zero-order valence-corrected chi connectivity index (χ0v) is 12.7. The van der Waals surface area contributed by atoms with E-state index in [0.717, 1.165) is 40.9 Å². The van der Waals surface area contributed by atoms with Crippen molar-refractivity contribution in [3.8, 4) is 0 Å². The Bertz CT molecular complexity index is 461. The van der Waals surface area contributed by atoms with Crippen molar-refractivity contribution in [1.82, 2.24) is 9.97 Å². The molecular formula is C12H16IN3O2. The number of nitrogens with one attached hydrogen (secondary N) is 1. The van der Waals surface area contributed by atoms with Crippen LogP contribution in [0.25, 0.3) is 0 Å². The largest absolute Gasteiger partial charge is 0.463 e. The van der Waals surface area contributed by atoms with Gasteiger partial charge in [0.15, 0.2) is 0 Å². The number of methoxy groups -OCH3 is 1. The summed E-state index contributed by atoms with van der Waals surface area (Å²) in [4.78, 5) is 20.2. The van der Waals surface area contributed by atoms with Gasteiger partial charge in [-0.15, -0.1) is 0 Å². The van der Waals surface area contributed by atoms with Gasteiger partial charge >= 0.3 is 5.97 Å². The van der Waals surface area contributed by atoms with Crippen molar-refractivity contribution in [2.45, 2.75) is 32.1 Å². The Labute approximate surface area is 120 Å². The topological polar surface area (TPSA) is 64.1 Å². The van der Waals surface area contributed by atoms with Crippen molar-refractivity contribution in [2.75, 3.05) is 19.0 Å². The molecule has 0 saturated heterocycles. The van der Waals surface area contributed by atoms with Crippen LogP contribution in [0, 0.1) is 3.57 Å². The number of esters is 1. The summed E-state index contributed by atoms with van der Waals surface area (Å²) in [6.45, 7) is 2.92. The normalized spacial score (nSPS) is 14.4. The van der Waals surface area contributed by atoms with Crippen LogP contribution in [-0.4, -0.2) is 29.6 Å². The summed E-state index contributed by atoms with van der Waals surface area (Å²) < 4.78 is 5.72. The second kappa shape index (κ2) is 5.81. The molecule has 1 saturated carbocycles. The SMILES string of the molecule is CCCNc1nc(C(=O)OC)nc(C2CC2)c1I. The van der Waals surface area contributed by atoms with E-state index < -0.39 is 5.97 Å². The van der Waals surface area contributed by atoms with Gasteiger partial charge in [-0.1, -0.05) is 6.92 Å². The summed E-state index contributed by atoms with van der Waals surface area (Å²) in [5.41, 5.74) is 0.976. The lowest BCUT2D eigenvalue weighted by Gasteiger charge is -2.11. The van der Waals surface area contributed by atoms with Crippen LogP contribution in [0.1, 0.15) is 48.4 Å². The van der Waals surface area contributed by atoms with Crippen LogP contribution in [0.2, 0.25) is 0 Å². The highest BCUT2D eigenvalue weighted by molar-refractivity contribution is 14.1. The highest BCUT2D eigenvalue weighted by atomic mass is 127. The van der Waals surface area contributed by atoms with Gasteiger partial charge in [-0.05, 0) is 41.9 Å². The first-order valence-electron chi connectivity index (χ1n) is 6.07. The molecule has 6 heteroatoms. The van der Waals surface area contributed by atoms with Crippen LogP contribution in [0.15, 0.2) is 0 Å². The molecule has 1 heterocycles. The van der Waals surface area contributed by atoms with Gasteiger partial charge < -0.3 is 10.1 Å². The molecule has 0 atom stereocenters. The molecule has 1 aromatic heterocycles. The van der Waals surface area contributed by atoms with E-state index in [1.54, 1.807) is 0 Å². The van der Waals surface area contributed by atoms with Crippen LogP contribution in [0.5, 0.6) is 0 Å². The van der Waals surface area contributed by atoms with Crippen LogP contribution in [-0.2, 0) is 4.74 Å². The van der Waals surface area contributed by atoms with Crippen molar-refractivity contribution >= 4 is 34.4 Å². The Morgan fingerprint density at radius 2 is 2.22 bits per heavy atom. The van der Waals surface area contributed by atoms with Crippen LogP contribution >= 0.6 is 22.6 Å². The number of halogens is 1. The van der Waals surface area contributed by atoms with Gasteiger partial charge in [0.05, 0.1) is 16.4 Å². The average molecular weight is 361 g/mol. The van der Waals surface area contributed by atoms with Gasteiger partial charge in [-0.2, -0.15) is 0 Å². The number of hydrogen-bond donors (Lipinski definition) is 1. The number of carbonyl (C=O) groups is 1. The Morgan fingerprint density at radius 1 is 1.50 bits per heavy atom. The van der Waals surface area contributed by atoms with Crippen LogP contribution < -0.4 is 5.32 Å².